The van der Waals surface area contributed by atoms with Crippen LogP contribution in [0.4, 0.5) is 8.78 Å². The highest BCUT2D eigenvalue weighted by atomic mass is 19.3. The molecule has 0 radical (unpaired) electrons. The van der Waals surface area contributed by atoms with Crippen LogP contribution in [0.2, 0.25) is 0 Å². The first-order valence-corrected chi connectivity index (χ1v) is 6.82. The third-order valence-electron chi connectivity index (χ3n) is 3.46. The Morgan fingerprint density at radius 2 is 1.86 bits per heavy atom. The van der Waals surface area contributed by atoms with Crippen molar-refractivity contribution in [3.63, 3.8) is 0 Å². The van der Waals surface area contributed by atoms with E-state index in [-0.39, 0.29) is 11.8 Å². The molecule has 0 saturated carbocycles. The summed E-state index contributed by atoms with van der Waals surface area (Å²) in [7, 11) is 0. The maximum Gasteiger partial charge on any atom is 0.387 e. The zero-order valence-electron chi connectivity index (χ0n) is 12.1. The highest BCUT2D eigenvalue weighted by Gasteiger charge is 2.11. The number of aryl methyl sites for hydroxylation is 2. The van der Waals surface area contributed by atoms with Crippen molar-refractivity contribution >= 4 is 0 Å². The van der Waals surface area contributed by atoms with Crippen LogP contribution in [0.1, 0.15) is 28.3 Å². The molecule has 2 aromatic rings. The molecule has 0 heterocycles. The van der Waals surface area contributed by atoms with Gasteiger partial charge in [-0.1, -0.05) is 35.9 Å². The van der Waals surface area contributed by atoms with Crippen molar-refractivity contribution < 1.29 is 13.5 Å². The van der Waals surface area contributed by atoms with Gasteiger partial charge in [0.05, 0.1) is 0 Å². The second-order valence-corrected chi connectivity index (χ2v) is 5.19. The minimum atomic E-state index is -2.82. The summed E-state index contributed by atoms with van der Waals surface area (Å²) in [6.07, 6.45) is 0.658. The molecule has 0 aliphatic rings. The standard InChI is InChI=1S/C17H19F2NO/c1-11-6-7-12(2)14(8-11)10-16(20)13-4-3-5-15(9-13)21-17(18)19/h3-9,16-17H,10,20H2,1-2H3. The average Bonchev–Trinajstić information content (AvgIpc) is 2.42. The van der Waals surface area contributed by atoms with Crippen LogP contribution in [0, 0.1) is 13.8 Å². The minimum absolute atomic E-state index is 0.138. The highest BCUT2D eigenvalue weighted by Crippen LogP contribution is 2.23. The third kappa shape index (κ3) is 4.26. The summed E-state index contributed by atoms with van der Waals surface area (Å²) in [5.74, 6) is 0.138. The Morgan fingerprint density at radius 3 is 2.57 bits per heavy atom. The Labute approximate surface area is 123 Å². The van der Waals surface area contributed by atoms with Crippen LogP contribution >= 0.6 is 0 Å². The molecular formula is C17H19F2NO. The fourth-order valence-corrected chi connectivity index (χ4v) is 2.30. The van der Waals surface area contributed by atoms with Crippen LogP contribution in [0.5, 0.6) is 5.75 Å². The number of ether oxygens (including phenoxy) is 1. The lowest BCUT2D eigenvalue weighted by atomic mass is 9.95. The van der Waals surface area contributed by atoms with Gasteiger partial charge in [0.25, 0.3) is 0 Å². The van der Waals surface area contributed by atoms with Crippen LogP contribution in [0.15, 0.2) is 42.5 Å². The van der Waals surface area contributed by atoms with E-state index >= 15 is 0 Å². The maximum atomic E-state index is 12.2. The lowest BCUT2D eigenvalue weighted by molar-refractivity contribution is -0.0498. The molecule has 0 aromatic heterocycles. The van der Waals surface area contributed by atoms with Gasteiger partial charge in [-0.05, 0) is 49.1 Å². The van der Waals surface area contributed by atoms with E-state index in [0.29, 0.717) is 6.42 Å². The van der Waals surface area contributed by atoms with Crippen LogP contribution in [0.3, 0.4) is 0 Å². The zero-order chi connectivity index (χ0) is 15.4. The number of halogens is 2. The van der Waals surface area contributed by atoms with Gasteiger partial charge in [-0.2, -0.15) is 8.78 Å². The number of alkyl halides is 2. The van der Waals surface area contributed by atoms with Crippen molar-refractivity contribution in [1.29, 1.82) is 0 Å². The maximum absolute atomic E-state index is 12.2. The molecule has 2 rings (SSSR count). The Hall–Kier alpha value is -1.94. The quantitative estimate of drug-likeness (QED) is 0.898. The normalized spacial score (nSPS) is 12.5. The van der Waals surface area contributed by atoms with Crippen molar-refractivity contribution in [1.82, 2.24) is 0 Å². The number of nitrogens with two attached hydrogens (primary N) is 1. The topological polar surface area (TPSA) is 35.2 Å². The van der Waals surface area contributed by atoms with Crippen LogP contribution in [0.25, 0.3) is 0 Å². The number of rotatable bonds is 5. The first kappa shape index (κ1) is 15.4. The molecule has 0 spiro atoms. The SMILES string of the molecule is Cc1ccc(C)c(CC(N)c2cccc(OC(F)F)c2)c1. The van der Waals surface area contributed by atoms with Crippen molar-refractivity contribution in [2.75, 3.05) is 0 Å². The Morgan fingerprint density at radius 1 is 1.10 bits per heavy atom. The van der Waals surface area contributed by atoms with Gasteiger partial charge in [-0.25, -0.2) is 0 Å². The average molecular weight is 291 g/mol. The number of hydrogen-bond donors (Lipinski definition) is 1. The molecule has 0 aliphatic heterocycles. The molecule has 2 nitrogen and oxygen atoms in total. The van der Waals surface area contributed by atoms with Gasteiger partial charge in [0.2, 0.25) is 0 Å². The summed E-state index contributed by atoms with van der Waals surface area (Å²) in [5.41, 5.74) is 10.5. The van der Waals surface area contributed by atoms with E-state index in [2.05, 4.69) is 22.9 Å². The van der Waals surface area contributed by atoms with Gasteiger partial charge in [0, 0.05) is 6.04 Å². The first-order valence-electron chi connectivity index (χ1n) is 6.82. The molecule has 1 atom stereocenters. The third-order valence-corrected chi connectivity index (χ3v) is 3.46. The van der Waals surface area contributed by atoms with Gasteiger partial charge in [-0.15, -0.1) is 0 Å². The molecule has 4 heteroatoms. The molecule has 2 aromatic carbocycles. The zero-order valence-corrected chi connectivity index (χ0v) is 12.1. The van der Waals surface area contributed by atoms with Gasteiger partial charge in [0.15, 0.2) is 0 Å². The fraction of sp³-hybridized carbons (Fsp3) is 0.294. The second-order valence-electron chi connectivity index (χ2n) is 5.19. The molecule has 0 bridgehead atoms. The van der Waals surface area contributed by atoms with E-state index in [1.165, 1.54) is 22.8 Å². The molecule has 0 saturated heterocycles. The monoisotopic (exact) mass is 291 g/mol. The lowest BCUT2D eigenvalue weighted by Gasteiger charge is -2.15. The van der Waals surface area contributed by atoms with Crippen LogP contribution in [-0.2, 0) is 6.42 Å². The Bertz CT molecular complexity index is 613. The lowest BCUT2D eigenvalue weighted by Crippen LogP contribution is -2.14. The van der Waals surface area contributed by atoms with E-state index in [9.17, 15) is 8.78 Å². The molecule has 2 N–H and O–H groups in total. The summed E-state index contributed by atoms with van der Waals surface area (Å²) in [6.45, 7) is 1.25. The van der Waals surface area contributed by atoms with E-state index in [0.717, 1.165) is 5.56 Å². The van der Waals surface area contributed by atoms with E-state index in [4.69, 9.17) is 5.73 Å². The van der Waals surface area contributed by atoms with Crippen LogP contribution < -0.4 is 10.5 Å². The molecule has 0 fully saturated rings. The van der Waals surface area contributed by atoms with Crippen molar-refractivity contribution in [3.05, 3.63) is 64.7 Å². The Kier molecular flexibility index (Phi) is 4.91. The molecule has 0 amide bonds. The highest BCUT2D eigenvalue weighted by molar-refractivity contribution is 5.35. The Balaban J connectivity index is 2.16. The molecule has 1 unspecified atom stereocenters. The first-order chi connectivity index (χ1) is 9.95. The summed E-state index contributed by atoms with van der Waals surface area (Å²) < 4.78 is 28.9. The van der Waals surface area contributed by atoms with Gasteiger partial charge < -0.3 is 10.5 Å². The molecule has 21 heavy (non-hydrogen) atoms. The number of benzene rings is 2. The van der Waals surface area contributed by atoms with Crippen LogP contribution in [-0.4, -0.2) is 6.61 Å². The van der Waals surface area contributed by atoms with Gasteiger partial charge in [0.1, 0.15) is 5.75 Å². The molecule has 0 aliphatic carbocycles. The summed E-state index contributed by atoms with van der Waals surface area (Å²) in [6, 6.07) is 12.5. The van der Waals surface area contributed by atoms with Gasteiger partial charge >= 0.3 is 6.61 Å². The molecule has 112 valence electrons. The smallest absolute Gasteiger partial charge is 0.387 e. The predicted octanol–water partition coefficient (Wildman–Crippen LogP) is 4.15. The number of hydrogen-bond acceptors (Lipinski definition) is 2. The van der Waals surface area contributed by atoms with E-state index in [1.807, 2.05) is 19.9 Å². The summed E-state index contributed by atoms with van der Waals surface area (Å²) >= 11 is 0. The minimum Gasteiger partial charge on any atom is -0.435 e. The van der Waals surface area contributed by atoms with E-state index < -0.39 is 6.61 Å². The van der Waals surface area contributed by atoms with Crippen molar-refractivity contribution in [3.8, 4) is 5.75 Å². The largest absolute Gasteiger partial charge is 0.435 e. The van der Waals surface area contributed by atoms with Crippen molar-refractivity contribution in [2.24, 2.45) is 5.73 Å². The summed E-state index contributed by atoms with van der Waals surface area (Å²) in [5, 5.41) is 0. The molecular weight excluding hydrogens is 272 g/mol. The second kappa shape index (κ2) is 6.68. The van der Waals surface area contributed by atoms with Crippen molar-refractivity contribution in [2.45, 2.75) is 32.9 Å². The fourth-order valence-electron chi connectivity index (χ4n) is 2.30. The van der Waals surface area contributed by atoms with E-state index in [1.54, 1.807) is 12.1 Å². The van der Waals surface area contributed by atoms with Gasteiger partial charge in [-0.3, -0.25) is 0 Å². The predicted molar refractivity (Wildman–Crippen MR) is 79.6 cm³/mol. The summed E-state index contributed by atoms with van der Waals surface area (Å²) in [4.78, 5) is 0.